The summed E-state index contributed by atoms with van der Waals surface area (Å²) in [5, 5.41) is 13.1. The van der Waals surface area contributed by atoms with Crippen LogP contribution in [0.5, 0.6) is 5.75 Å². The zero-order valence-corrected chi connectivity index (χ0v) is 17.8. The van der Waals surface area contributed by atoms with E-state index in [1.807, 2.05) is 12.1 Å². The molecule has 0 aliphatic rings. The average molecular weight is 433 g/mol. The lowest BCUT2D eigenvalue weighted by Gasteiger charge is -2.04. The summed E-state index contributed by atoms with van der Waals surface area (Å²) in [6, 6.07) is 29.6. The van der Waals surface area contributed by atoms with Crippen molar-refractivity contribution < 1.29 is 14.1 Å². The molecule has 5 heteroatoms. The van der Waals surface area contributed by atoms with Crippen molar-refractivity contribution in [3.8, 4) is 5.75 Å². The molecule has 0 saturated heterocycles. The number of benzene rings is 4. The summed E-state index contributed by atoms with van der Waals surface area (Å²) in [5.74, 6) is 0.0717. The molecule has 0 aliphatic heterocycles. The highest BCUT2D eigenvalue weighted by Gasteiger charge is 2.18. The summed E-state index contributed by atoms with van der Waals surface area (Å²) in [7, 11) is 0. The van der Waals surface area contributed by atoms with Crippen molar-refractivity contribution in [2.45, 2.75) is 13.1 Å². The SMILES string of the molecule is O=c1cc(Cn2c[n+](Cc3ccc4ccccc4c3)c3ccccc32)c2ccc(O)cc2o1. The number of phenolic OH excluding ortho intramolecular Hbond substituents is 1. The molecular formula is C28H21N2O3+. The van der Waals surface area contributed by atoms with E-state index in [4.69, 9.17) is 4.42 Å². The number of hydrogen-bond acceptors (Lipinski definition) is 3. The molecule has 1 N–H and O–H groups in total. The Balaban J connectivity index is 1.43. The summed E-state index contributed by atoms with van der Waals surface area (Å²) >= 11 is 0. The number of aromatic nitrogens is 2. The molecule has 0 aliphatic carbocycles. The van der Waals surface area contributed by atoms with Gasteiger partial charge in [0.05, 0.1) is 0 Å². The van der Waals surface area contributed by atoms with Crippen LogP contribution in [0.15, 0.2) is 107 Å². The second-order valence-electron chi connectivity index (χ2n) is 8.31. The lowest BCUT2D eigenvalue weighted by molar-refractivity contribution is -0.663. The van der Waals surface area contributed by atoms with E-state index in [9.17, 15) is 9.90 Å². The van der Waals surface area contributed by atoms with Gasteiger partial charge in [0.1, 0.15) is 24.4 Å². The molecule has 0 amide bonds. The van der Waals surface area contributed by atoms with Crippen LogP contribution >= 0.6 is 0 Å². The second kappa shape index (κ2) is 7.64. The molecule has 6 aromatic rings. The first-order valence-corrected chi connectivity index (χ1v) is 10.8. The fourth-order valence-corrected chi connectivity index (χ4v) is 4.56. The van der Waals surface area contributed by atoms with Crippen LogP contribution in [0, 0.1) is 0 Å². The van der Waals surface area contributed by atoms with Gasteiger partial charge in [0.25, 0.3) is 0 Å². The van der Waals surface area contributed by atoms with Gasteiger partial charge in [0, 0.05) is 23.1 Å². The standard InChI is InChI=1S/C28H20N2O3/c31-23-11-12-24-22(14-28(32)33-27(24)15-23)17-30-18-29(25-7-3-4-8-26(25)30)16-19-9-10-20-5-1-2-6-21(20)13-19/h1-15,18H,16-17H2/p+1. The van der Waals surface area contributed by atoms with E-state index in [2.05, 4.69) is 70.1 Å². The molecule has 2 heterocycles. The van der Waals surface area contributed by atoms with Gasteiger partial charge < -0.3 is 9.52 Å². The zero-order chi connectivity index (χ0) is 22.4. The summed E-state index contributed by atoms with van der Waals surface area (Å²) in [6.45, 7) is 1.25. The van der Waals surface area contributed by atoms with Crippen molar-refractivity contribution in [3.63, 3.8) is 0 Å². The lowest BCUT2D eigenvalue weighted by atomic mass is 10.1. The summed E-state index contributed by atoms with van der Waals surface area (Å²) in [4.78, 5) is 12.2. The number of para-hydroxylation sites is 2. The maximum absolute atomic E-state index is 12.2. The van der Waals surface area contributed by atoms with Crippen LogP contribution in [0.25, 0.3) is 32.8 Å². The van der Waals surface area contributed by atoms with Crippen molar-refractivity contribution in [1.29, 1.82) is 0 Å². The minimum atomic E-state index is -0.427. The Kier molecular flexibility index (Phi) is 4.47. The maximum atomic E-state index is 12.2. The number of hydrogen-bond donors (Lipinski definition) is 1. The third-order valence-corrected chi connectivity index (χ3v) is 6.10. The van der Waals surface area contributed by atoms with Gasteiger partial charge in [-0.2, -0.15) is 0 Å². The molecule has 0 spiro atoms. The Morgan fingerprint density at radius 2 is 1.67 bits per heavy atom. The fourth-order valence-electron chi connectivity index (χ4n) is 4.56. The fraction of sp³-hybridized carbons (Fsp3) is 0.0714. The molecule has 0 bridgehead atoms. The average Bonchev–Trinajstić information content (AvgIpc) is 3.15. The van der Waals surface area contributed by atoms with Crippen LogP contribution in [0.2, 0.25) is 0 Å². The highest BCUT2D eigenvalue weighted by molar-refractivity contribution is 5.83. The molecule has 0 fully saturated rings. The highest BCUT2D eigenvalue weighted by Crippen LogP contribution is 2.24. The van der Waals surface area contributed by atoms with Crippen LogP contribution in [0.1, 0.15) is 11.1 Å². The van der Waals surface area contributed by atoms with Crippen LogP contribution in [-0.4, -0.2) is 9.67 Å². The predicted molar refractivity (Wildman–Crippen MR) is 128 cm³/mol. The molecule has 4 aromatic carbocycles. The Bertz CT molecular complexity index is 1710. The van der Waals surface area contributed by atoms with Gasteiger partial charge in [-0.05, 0) is 46.7 Å². The van der Waals surface area contributed by atoms with Crippen molar-refractivity contribution in [3.05, 3.63) is 119 Å². The van der Waals surface area contributed by atoms with Crippen molar-refractivity contribution in [2.24, 2.45) is 0 Å². The van der Waals surface area contributed by atoms with Gasteiger partial charge in [0.2, 0.25) is 6.33 Å². The van der Waals surface area contributed by atoms with Crippen molar-refractivity contribution >= 4 is 32.8 Å². The predicted octanol–water partition coefficient (Wildman–Crippen LogP) is 4.99. The van der Waals surface area contributed by atoms with Gasteiger partial charge in [-0.3, -0.25) is 0 Å². The van der Waals surface area contributed by atoms with Crippen LogP contribution < -0.4 is 10.2 Å². The van der Waals surface area contributed by atoms with E-state index in [1.54, 1.807) is 12.1 Å². The molecule has 0 saturated carbocycles. The van der Waals surface area contributed by atoms with Crippen LogP contribution in [-0.2, 0) is 13.1 Å². The first-order valence-electron chi connectivity index (χ1n) is 10.8. The summed E-state index contributed by atoms with van der Waals surface area (Å²) in [5.41, 5.74) is 4.23. The largest absolute Gasteiger partial charge is 0.508 e. The number of imidazole rings is 1. The number of nitrogens with zero attached hydrogens (tertiary/aromatic N) is 2. The topological polar surface area (TPSA) is 59.2 Å². The zero-order valence-electron chi connectivity index (χ0n) is 17.8. The van der Waals surface area contributed by atoms with E-state index in [0.29, 0.717) is 12.1 Å². The first kappa shape index (κ1) is 19.3. The minimum Gasteiger partial charge on any atom is -0.508 e. The maximum Gasteiger partial charge on any atom is 0.336 e. The van der Waals surface area contributed by atoms with Crippen molar-refractivity contribution in [1.82, 2.24) is 4.57 Å². The van der Waals surface area contributed by atoms with Crippen LogP contribution in [0.4, 0.5) is 0 Å². The van der Waals surface area contributed by atoms with Gasteiger partial charge in [-0.15, -0.1) is 0 Å². The third kappa shape index (κ3) is 3.53. The molecule has 2 aromatic heterocycles. The molecule has 5 nitrogen and oxygen atoms in total. The number of aromatic hydroxyl groups is 1. The monoisotopic (exact) mass is 433 g/mol. The Morgan fingerprint density at radius 1 is 0.848 bits per heavy atom. The molecule has 0 radical (unpaired) electrons. The van der Waals surface area contributed by atoms with E-state index in [0.717, 1.165) is 28.5 Å². The third-order valence-electron chi connectivity index (χ3n) is 6.10. The van der Waals surface area contributed by atoms with E-state index in [1.165, 1.54) is 28.5 Å². The van der Waals surface area contributed by atoms with Crippen LogP contribution in [0.3, 0.4) is 0 Å². The summed E-state index contributed by atoms with van der Waals surface area (Å²) < 4.78 is 9.68. The van der Waals surface area contributed by atoms with Gasteiger partial charge in [-0.25, -0.2) is 13.9 Å². The van der Waals surface area contributed by atoms with Crippen molar-refractivity contribution in [2.75, 3.05) is 0 Å². The molecule has 0 unspecified atom stereocenters. The minimum absolute atomic E-state index is 0.0717. The second-order valence-corrected chi connectivity index (χ2v) is 8.31. The lowest BCUT2D eigenvalue weighted by Crippen LogP contribution is -2.32. The molecule has 160 valence electrons. The van der Waals surface area contributed by atoms with Gasteiger partial charge in [-0.1, -0.05) is 48.5 Å². The van der Waals surface area contributed by atoms with Gasteiger partial charge in [0.15, 0.2) is 11.0 Å². The Labute approximate surface area is 189 Å². The molecular weight excluding hydrogens is 412 g/mol. The van der Waals surface area contributed by atoms with E-state index < -0.39 is 5.63 Å². The normalized spacial score (nSPS) is 11.5. The molecule has 6 rings (SSSR count). The van der Waals surface area contributed by atoms with E-state index in [-0.39, 0.29) is 5.75 Å². The quantitative estimate of drug-likeness (QED) is 0.315. The number of rotatable bonds is 4. The van der Waals surface area contributed by atoms with Gasteiger partial charge >= 0.3 is 5.63 Å². The smallest absolute Gasteiger partial charge is 0.336 e. The number of phenols is 1. The van der Waals surface area contributed by atoms with E-state index >= 15 is 0 Å². The molecule has 0 atom stereocenters. The summed E-state index contributed by atoms with van der Waals surface area (Å²) in [6.07, 6.45) is 2.10. The Morgan fingerprint density at radius 3 is 2.58 bits per heavy atom. The number of fused-ring (bicyclic) bond motifs is 3. The molecule has 33 heavy (non-hydrogen) atoms. The Hall–Kier alpha value is -4.38. The highest BCUT2D eigenvalue weighted by atomic mass is 16.4. The first-order chi connectivity index (χ1) is 16.1.